The Bertz CT molecular complexity index is 2940. The molecule has 0 unspecified atom stereocenters. The minimum atomic E-state index is -0.200. The number of carbonyl (C=O) groups excluding carboxylic acids is 2. The molecular weight excluding hydrogens is 819 g/mol. The van der Waals surface area contributed by atoms with Crippen LogP contribution in [0.2, 0.25) is 0 Å². The minimum Gasteiger partial charge on any atom is -0.506 e. The highest BCUT2D eigenvalue weighted by molar-refractivity contribution is 6.41. The molecule has 0 saturated heterocycles. The van der Waals surface area contributed by atoms with Gasteiger partial charge in [0.2, 0.25) is 34.0 Å². The van der Waals surface area contributed by atoms with Crippen molar-refractivity contribution in [3.63, 3.8) is 0 Å². The van der Waals surface area contributed by atoms with Crippen molar-refractivity contribution in [3.05, 3.63) is 154 Å². The zero-order valence-corrected chi connectivity index (χ0v) is 38.4. The maximum Gasteiger partial charge on any atom is 0.212 e. The number of unbranched alkanes of at least 4 members (excludes halogenated alkanes) is 9. The molecule has 8 heteroatoms. The first-order valence-corrected chi connectivity index (χ1v) is 24.2. The van der Waals surface area contributed by atoms with Gasteiger partial charge in [-0.1, -0.05) is 88.8 Å². The predicted octanol–water partition coefficient (Wildman–Crippen LogP) is 12.3. The van der Waals surface area contributed by atoms with E-state index < -0.39 is 0 Å². The van der Waals surface area contributed by atoms with Gasteiger partial charge in [-0.3, -0.25) is 9.59 Å². The fourth-order valence-corrected chi connectivity index (χ4v) is 10.0. The summed E-state index contributed by atoms with van der Waals surface area (Å²) in [4.78, 5) is 28.1. The van der Waals surface area contributed by atoms with Gasteiger partial charge in [0.05, 0.1) is 22.3 Å². The van der Waals surface area contributed by atoms with Crippen LogP contribution in [0.5, 0.6) is 0 Å². The van der Waals surface area contributed by atoms with Crippen LogP contribution in [0.25, 0.3) is 66.9 Å². The summed E-state index contributed by atoms with van der Waals surface area (Å²) < 4.78 is 6.79. The van der Waals surface area contributed by atoms with Crippen LogP contribution < -0.4 is 9.13 Å². The van der Waals surface area contributed by atoms with Gasteiger partial charge in [-0.15, -0.1) is 0 Å². The number of allylic oxidation sites excluding steroid dienone is 4. The maximum atomic E-state index is 14.1. The molecule has 0 amide bonds. The SMILES string of the molecule is CCCCCC[n+]1c(/C=C2\C(=O)C(c3ccc4c(c3)c3cc(C5=C(O)/C(=C\c6ccc7ccccc7[n+]6CCCCCC)C5=O)ccc3n4CCCCCCO)=C2O)ccc2ccccc21. The number of aliphatic hydroxyl groups is 3. The smallest absolute Gasteiger partial charge is 0.212 e. The summed E-state index contributed by atoms with van der Waals surface area (Å²) in [6, 6.07) is 36.6. The molecule has 0 atom stereocenters. The van der Waals surface area contributed by atoms with Gasteiger partial charge in [-0.2, -0.15) is 9.13 Å². The fraction of sp³-hybridized carbons (Fsp3) is 0.310. The van der Waals surface area contributed by atoms with Gasteiger partial charge in [0.25, 0.3) is 0 Å². The lowest BCUT2D eigenvalue weighted by molar-refractivity contribution is -0.673. The molecule has 3 heterocycles. The van der Waals surface area contributed by atoms with Crippen LogP contribution in [0.1, 0.15) is 113 Å². The molecule has 336 valence electrons. The number of hydrogen-bond acceptors (Lipinski definition) is 5. The number of benzene rings is 4. The summed E-state index contributed by atoms with van der Waals surface area (Å²) in [5, 5.41) is 36.7. The number of pyridine rings is 2. The third-order valence-electron chi connectivity index (χ3n) is 13.7. The summed E-state index contributed by atoms with van der Waals surface area (Å²) in [5.74, 6) is -0.425. The maximum absolute atomic E-state index is 14.1. The van der Waals surface area contributed by atoms with Crippen LogP contribution in [0.4, 0.5) is 0 Å². The highest BCUT2D eigenvalue weighted by atomic mass is 16.3. The van der Waals surface area contributed by atoms with Crippen LogP contribution in [0.3, 0.4) is 0 Å². The van der Waals surface area contributed by atoms with Crippen molar-refractivity contribution in [1.29, 1.82) is 0 Å². The highest BCUT2D eigenvalue weighted by Crippen LogP contribution is 2.42. The minimum absolute atomic E-state index is 0.0125. The summed E-state index contributed by atoms with van der Waals surface area (Å²) in [6.45, 7) is 6.97. The Hall–Kier alpha value is -6.64. The lowest BCUT2D eigenvalue weighted by Gasteiger charge is -2.21. The van der Waals surface area contributed by atoms with E-state index >= 15 is 0 Å². The standard InChI is InChI=1S/C58H59N3O5/c1-3-5-7-15-31-59-43(27-23-39-19-11-13-21-49(39)59)37-47-55(63)53(56(47)64)41-25-29-51-45(35-41)46-36-42(26-30-52(46)61(51)33-17-9-10-18-34-62)54-57(65)48(58(54)66)38-44-28-24-40-20-12-14-22-50(40)60(44)32-16-8-6-4-2/h11-14,19-30,35-38,62H,3-10,15-18,31-34H2,1-2H3/p+2. The predicted molar refractivity (Wildman–Crippen MR) is 267 cm³/mol. The Morgan fingerprint density at radius 2 is 0.970 bits per heavy atom. The average Bonchev–Trinajstić information content (AvgIpc) is 3.64. The molecule has 0 spiro atoms. The van der Waals surface area contributed by atoms with Crippen LogP contribution >= 0.6 is 0 Å². The summed E-state index contributed by atoms with van der Waals surface area (Å²) in [5.41, 5.74) is 8.36. The van der Waals surface area contributed by atoms with Crippen LogP contribution in [-0.2, 0) is 29.2 Å². The van der Waals surface area contributed by atoms with E-state index in [0.717, 1.165) is 139 Å². The number of aliphatic hydroxyl groups excluding tert-OH is 3. The number of Topliss-reactive ketones (excluding diaryl/α,β-unsaturated/α-hetero) is 2. The van der Waals surface area contributed by atoms with E-state index in [0.29, 0.717) is 33.4 Å². The number of carbonyl (C=O) groups is 2. The monoisotopic (exact) mass is 879 g/mol. The van der Waals surface area contributed by atoms with Crippen molar-refractivity contribution in [2.45, 2.75) is 111 Å². The van der Waals surface area contributed by atoms with E-state index in [-0.39, 0.29) is 29.7 Å². The second-order valence-electron chi connectivity index (χ2n) is 18.0. The number of hydrogen-bond donors (Lipinski definition) is 3. The fourth-order valence-electron chi connectivity index (χ4n) is 10.0. The van der Waals surface area contributed by atoms with E-state index in [2.05, 4.69) is 63.9 Å². The van der Waals surface area contributed by atoms with Crippen molar-refractivity contribution in [2.75, 3.05) is 6.61 Å². The first kappa shape index (κ1) is 44.6. The molecule has 2 aliphatic rings. The van der Waals surface area contributed by atoms with Gasteiger partial charge in [0, 0.05) is 95.0 Å². The van der Waals surface area contributed by atoms with E-state index in [1.54, 1.807) is 0 Å². The second kappa shape index (κ2) is 19.8. The number of nitrogens with zero attached hydrogens (tertiary/aromatic N) is 3. The molecule has 3 aromatic heterocycles. The van der Waals surface area contributed by atoms with Crippen LogP contribution in [0.15, 0.2) is 132 Å². The highest BCUT2D eigenvalue weighted by Gasteiger charge is 2.38. The van der Waals surface area contributed by atoms with Gasteiger partial charge < -0.3 is 19.9 Å². The number of para-hydroxylation sites is 2. The molecule has 0 radical (unpaired) electrons. The van der Waals surface area contributed by atoms with E-state index in [1.165, 1.54) is 12.8 Å². The Kier molecular flexibility index (Phi) is 13.4. The van der Waals surface area contributed by atoms with Crippen molar-refractivity contribution in [3.8, 4) is 0 Å². The Morgan fingerprint density at radius 1 is 0.515 bits per heavy atom. The Balaban J connectivity index is 1.08. The molecule has 66 heavy (non-hydrogen) atoms. The number of rotatable bonds is 20. The molecular formula is C58H61N3O5+2. The van der Waals surface area contributed by atoms with Crippen LogP contribution in [0, 0.1) is 0 Å². The van der Waals surface area contributed by atoms with Gasteiger partial charge in [0.1, 0.15) is 24.6 Å². The molecule has 9 rings (SSSR count). The largest absolute Gasteiger partial charge is 0.506 e. The van der Waals surface area contributed by atoms with Crippen molar-refractivity contribution in [2.24, 2.45) is 0 Å². The van der Waals surface area contributed by atoms with Crippen molar-refractivity contribution < 1.29 is 34.0 Å². The topological polar surface area (TPSA) is 108 Å². The molecule has 8 nitrogen and oxygen atoms in total. The third kappa shape index (κ3) is 8.51. The summed E-state index contributed by atoms with van der Waals surface area (Å²) >= 11 is 0. The van der Waals surface area contributed by atoms with Crippen molar-refractivity contribution in [1.82, 2.24) is 4.57 Å². The summed E-state index contributed by atoms with van der Waals surface area (Å²) in [7, 11) is 0. The molecule has 0 bridgehead atoms. The molecule has 2 aliphatic carbocycles. The number of aromatic nitrogens is 3. The van der Waals surface area contributed by atoms with Gasteiger partial charge in [-0.25, -0.2) is 0 Å². The lowest BCUT2D eigenvalue weighted by atomic mass is 9.82. The Labute approximate surface area is 387 Å². The quantitative estimate of drug-likeness (QED) is 0.0402. The zero-order chi connectivity index (χ0) is 45.7. The van der Waals surface area contributed by atoms with Gasteiger partial charge in [0.15, 0.2) is 0 Å². The first-order chi connectivity index (χ1) is 32.3. The van der Waals surface area contributed by atoms with Gasteiger partial charge >= 0.3 is 0 Å². The molecule has 0 fully saturated rings. The molecule has 4 aromatic carbocycles. The first-order valence-electron chi connectivity index (χ1n) is 24.2. The zero-order valence-electron chi connectivity index (χ0n) is 38.4. The van der Waals surface area contributed by atoms with Crippen molar-refractivity contribution >= 4 is 78.5 Å². The van der Waals surface area contributed by atoms with E-state index in [4.69, 9.17) is 0 Å². The lowest BCUT2D eigenvalue weighted by Crippen LogP contribution is -2.38. The van der Waals surface area contributed by atoms with Gasteiger partial charge in [-0.05, 0) is 85.3 Å². The Morgan fingerprint density at radius 3 is 1.42 bits per heavy atom. The molecule has 3 N–H and O–H groups in total. The van der Waals surface area contributed by atoms with E-state index in [9.17, 15) is 24.9 Å². The molecule has 0 saturated carbocycles. The average molecular weight is 880 g/mol. The number of ketones is 2. The second-order valence-corrected chi connectivity index (χ2v) is 18.0. The summed E-state index contributed by atoms with van der Waals surface area (Å²) in [6.07, 6.45) is 16.2. The van der Waals surface area contributed by atoms with Crippen LogP contribution in [-0.4, -0.2) is 38.1 Å². The number of aryl methyl sites for hydroxylation is 3. The third-order valence-corrected chi connectivity index (χ3v) is 13.7. The number of fused-ring (bicyclic) bond motifs is 5. The molecule has 7 aromatic rings. The van der Waals surface area contributed by atoms with E-state index in [1.807, 2.05) is 84.9 Å². The molecule has 0 aliphatic heterocycles. The normalized spacial score (nSPS) is 15.4.